The first-order valence-electron chi connectivity index (χ1n) is 6.77. The highest BCUT2D eigenvalue weighted by Gasteiger charge is 2.28. The van der Waals surface area contributed by atoms with E-state index in [1.165, 1.54) is 7.11 Å². The molecule has 0 amide bonds. The molecule has 0 saturated heterocycles. The zero-order chi connectivity index (χ0) is 14.5. The Kier molecular flexibility index (Phi) is 5.54. The van der Waals surface area contributed by atoms with Crippen LogP contribution in [-0.4, -0.2) is 28.2 Å². The number of carbonyl (C=O) groups excluding carboxylic acids is 1. The van der Waals surface area contributed by atoms with Crippen LogP contribution in [0.4, 0.5) is 0 Å². The number of ether oxygens (including phenoxy) is 1. The second-order valence-electron chi connectivity index (χ2n) is 5.50. The molecule has 5 heteroatoms. The van der Waals surface area contributed by atoms with E-state index in [2.05, 4.69) is 28.1 Å². The van der Waals surface area contributed by atoms with E-state index in [4.69, 9.17) is 5.73 Å². The number of esters is 1. The Morgan fingerprint density at radius 3 is 2.79 bits per heavy atom. The van der Waals surface area contributed by atoms with Gasteiger partial charge in [0.2, 0.25) is 0 Å². The monoisotopic (exact) mass is 267 g/mol. The minimum absolute atomic E-state index is 0.349. The summed E-state index contributed by atoms with van der Waals surface area (Å²) in [7, 11) is 1.37. The number of aromatic nitrogens is 2. The fourth-order valence-corrected chi connectivity index (χ4v) is 2.12. The number of nitrogens with two attached hydrogens (primary N) is 1. The van der Waals surface area contributed by atoms with Crippen molar-refractivity contribution in [3.63, 3.8) is 0 Å². The largest absolute Gasteiger partial charge is 0.468 e. The predicted octanol–water partition coefficient (Wildman–Crippen LogP) is 2.07. The fraction of sp³-hybridized carbons (Fsp3) is 0.714. The van der Waals surface area contributed by atoms with E-state index in [0.29, 0.717) is 12.3 Å². The van der Waals surface area contributed by atoms with E-state index in [-0.39, 0.29) is 5.97 Å². The molecule has 0 fully saturated rings. The summed E-state index contributed by atoms with van der Waals surface area (Å²) in [5.74, 6) is 1.17. The number of aryl methyl sites for hydroxylation is 1. The first-order valence-corrected chi connectivity index (χ1v) is 6.77. The number of hydrogen-bond donors (Lipinski definition) is 1. The van der Waals surface area contributed by atoms with Crippen molar-refractivity contribution in [3.05, 3.63) is 18.2 Å². The van der Waals surface area contributed by atoms with Crippen molar-refractivity contribution >= 4 is 5.97 Å². The summed E-state index contributed by atoms with van der Waals surface area (Å²) in [4.78, 5) is 15.8. The van der Waals surface area contributed by atoms with Crippen LogP contribution in [0.15, 0.2) is 12.4 Å². The molecule has 1 aromatic rings. The maximum atomic E-state index is 11.4. The molecule has 0 saturated carbocycles. The molecule has 5 nitrogen and oxygen atoms in total. The van der Waals surface area contributed by atoms with Gasteiger partial charge < -0.3 is 15.0 Å². The zero-order valence-electron chi connectivity index (χ0n) is 12.3. The quantitative estimate of drug-likeness (QED) is 0.606. The molecule has 1 rings (SSSR count). The summed E-state index contributed by atoms with van der Waals surface area (Å²) in [6, 6.07) is 0. The Labute approximate surface area is 115 Å². The van der Waals surface area contributed by atoms with E-state index < -0.39 is 5.54 Å². The van der Waals surface area contributed by atoms with Crippen molar-refractivity contribution in [2.45, 2.75) is 58.0 Å². The Morgan fingerprint density at radius 2 is 2.21 bits per heavy atom. The lowest BCUT2D eigenvalue weighted by Crippen LogP contribution is -2.45. The highest BCUT2D eigenvalue weighted by molar-refractivity contribution is 5.79. The van der Waals surface area contributed by atoms with Crippen LogP contribution in [0.5, 0.6) is 0 Å². The molecule has 0 aliphatic rings. The van der Waals surface area contributed by atoms with Crippen LogP contribution in [0.2, 0.25) is 0 Å². The third kappa shape index (κ3) is 4.35. The number of rotatable bonds is 7. The van der Waals surface area contributed by atoms with Gasteiger partial charge >= 0.3 is 5.97 Å². The van der Waals surface area contributed by atoms with Crippen molar-refractivity contribution in [1.82, 2.24) is 9.55 Å². The lowest BCUT2D eigenvalue weighted by atomic mass is 9.96. The van der Waals surface area contributed by atoms with Crippen LogP contribution in [0.1, 0.15) is 51.8 Å². The summed E-state index contributed by atoms with van der Waals surface area (Å²) < 4.78 is 6.85. The van der Waals surface area contributed by atoms with E-state index in [0.717, 1.165) is 25.2 Å². The van der Waals surface area contributed by atoms with Crippen molar-refractivity contribution in [1.29, 1.82) is 0 Å². The second kappa shape index (κ2) is 6.70. The van der Waals surface area contributed by atoms with Crippen LogP contribution in [0.25, 0.3) is 0 Å². The lowest BCUT2D eigenvalue weighted by Gasteiger charge is -2.21. The molecule has 0 aromatic carbocycles. The molecule has 0 aliphatic carbocycles. The van der Waals surface area contributed by atoms with Crippen molar-refractivity contribution in [3.8, 4) is 0 Å². The zero-order valence-corrected chi connectivity index (χ0v) is 12.3. The topological polar surface area (TPSA) is 70.1 Å². The van der Waals surface area contributed by atoms with Gasteiger partial charge in [-0.2, -0.15) is 0 Å². The molecule has 0 radical (unpaired) electrons. The average Bonchev–Trinajstić information content (AvgIpc) is 2.82. The fourth-order valence-electron chi connectivity index (χ4n) is 2.12. The highest BCUT2D eigenvalue weighted by Crippen LogP contribution is 2.15. The first kappa shape index (κ1) is 15.7. The number of hydrogen-bond acceptors (Lipinski definition) is 4. The lowest BCUT2D eigenvalue weighted by molar-refractivity contribution is -0.146. The van der Waals surface area contributed by atoms with Gasteiger partial charge in [0, 0.05) is 24.9 Å². The normalized spacial score (nSPS) is 14.4. The van der Waals surface area contributed by atoms with Gasteiger partial charge in [-0.3, -0.25) is 4.79 Å². The third-order valence-corrected chi connectivity index (χ3v) is 3.26. The van der Waals surface area contributed by atoms with Gasteiger partial charge in [-0.1, -0.05) is 13.8 Å². The summed E-state index contributed by atoms with van der Waals surface area (Å²) in [5.41, 5.74) is 5.03. The molecule has 0 aliphatic heterocycles. The third-order valence-electron chi connectivity index (χ3n) is 3.26. The maximum absolute atomic E-state index is 11.4. The first-order chi connectivity index (χ1) is 8.88. The van der Waals surface area contributed by atoms with E-state index in [1.807, 2.05) is 12.4 Å². The minimum Gasteiger partial charge on any atom is -0.468 e. The Balaban J connectivity index is 2.39. The van der Waals surface area contributed by atoms with E-state index >= 15 is 0 Å². The maximum Gasteiger partial charge on any atom is 0.325 e. The summed E-state index contributed by atoms with van der Waals surface area (Å²) >= 11 is 0. The van der Waals surface area contributed by atoms with Gasteiger partial charge in [-0.15, -0.1) is 0 Å². The molecule has 1 atom stereocenters. The summed E-state index contributed by atoms with van der Waals surface area (Å²) in [6.45, 7) is 6.89. The van der Waals surface area contributed by atoms with Crippen molar-refractivity contribution < 1.29 is 9.53 Å². The molecule has 2 N–H and O–H groups in total. The van der Waals surface area contributed by atoms with Gasteiger partial charge in [-0.05, 0) is 26.2 Å². The minimum atomic E-state index is -0.884. The molecular formula is C14H25N3O2. The van der Waals surface area contributed by atoms with Gasteiger partial charge in [0.1, 0.15) is 11.4 Å². The molecule has 0 spiro atoms. The van der Waals surface area contributed by atoms with Crippen molar-refractivity contribution in [2.75, 3.05) is 7.11 Å². The average molecular weight is 267 g/mol. The molecular weight excluding hydrogens is 242 g/mol. The Bertz CT molecular complexity index is 411. The highest BCUT2D eigenvalue weighted by atomic mass is 16.5. The summed E-state index contributed by atoms with van der Waals surface area (Å²) in [5, 5.41) is 0. The van der Waals surface area contributed by atoms with Crippen LogP contribution in [0, 0.1) is 0 Å². The van der Waals surface area contributed by atoms with Gasteiger partial charge in [0.15, 0.2) is 0 Å². The Hall–Kier alpha value is -1.36. The number of carbonyl (C=O) groups is 1. The van der Waals surface area contributed by atoms with E-state index in [1.54, 1.807) is 6.92 Å². The molecule has 19 heavy (non-hydrogen) atoms. The van der Waals surface area contributed by atoms with Crippen LogP contribution in [0.3, 0.4) is 0 Å². The molecule has 108 valence electrons. The number of nitrogens with zero attached hydrogens (tertiary/aromatic N) is 2. The molecule has 0 bridgehead atoms. The smallest absolute Gasteiger partial charge is 0.325 e. The van der Waals surface area contributed by atoms with Gasteiger partial charge in [0.25, 0.3) is 0 Å². The molecule has 1 unspecified atom stereocenters. The Morgan fingerprint density at radius 1 is 1.53 bits per heavy atom. The SMILES string of the molecule is COC(=O)C(C)(N)CCCCn1ccnc1C(C)C. The number of unbranched alkanes of at least 4 members (excludes halogenated alkanes) is 1. The number of methoxy groups -OCH3 is 1. The van der Waals surface area contributed by atoms with Gasteiger partial charge in [-0.25, -0.2) is 4.98 Å². The second-order valence-corrected chi connectivity index (χ2v) is 5.50. The van der Waals surface area contributed by atoms with Crippen molar-refractivity contribution in [2.24, 2.45) is 5.73 Å². The van der Waals surface area contributed by atoms with Crippen LogP contribution < -0.4 is 5.73 Å². The number of imidazole rings is 1. The molecule has 1 aromatic heterocycles. The standard InChI is InChI=1S/C14H25N3O2/c1-11(2)12-16-8-10-17(12)9-6-5-7-14(3,15)13(18)19-4/h8,10-11H,5-7,9,15H2,1-4H3. The van der Waals surface area contributed by atoms with E-state index in [9.17, 15) is 4.79 Å². The molecule has 1 heterocycles. The van der Waals surface area contributed by atoms with Crippen LogP contribution in [-0.2, 0) is 16.1 Å². The summed E-state index contributed by atoms with van der Waals surface area (Å²) in [6.07, 6.45) is 6.32. The predicted molar refractivity (Wildman–Crippen MR) is 74.8 cm³/mol. The van der Waals surface area contributed by atoms with Gasteiger partial charge in [0.05, 0.1) is 7.11 Å². The van der Waals surface area contributed by atoms with Crippen LogP contribution >= 0.6 is 0 Å².